The topological polar surface area (TPSA) is 97.2 Å². The number of aromatic nitrogens is 1. The van der Waals surface area contributed by atoms with E-state index in [0.29, 0.717) is 23.7 Å². The third kappa shape index (κ3) is 3.12. The maximum absolute atomic E-state index is 12.3. The van der Waals surface area contributed by atoms with E-state index in [9.17, 15) is 8.42 Å². The number of benzene rings is 1. The van der Waals surface area contributed by atoms with Gasteiger partial charge in [0.1, 0.15) is 10.6 Å². The van der Waals surface area contributed by atoms with Gasteiger partial charge in [-0.3, -0.25) is 4.72 Å². The Kier molecular flexibility index (Phi) is 4.31. The first-order chi connectivity index (χ1) is 9.56. The van der Waals surface area contributed by atoms with Crippen LogP contribution >= 0.6 is 0 Å². The van der Waals surface area contributed by atoms with Crippen molar-refractivity contribution in [1.29, 1.82) is 0 Å². The van der Waals surface area contributed by atoms with Crippen molar-refractivity contribution in [1.82, 2.24) is 4.98 Å². The minimum atomic E-state index is -3.66. The van der Waals surface area contributed by atoms with E-state index in [0.717, 1.165) is 0 Å². The van der Waals surface area contributed by atoms with Crippen molar-refractivity contribution in [2.24, 2.45) is 5.73 Å². The highest BCUT2D eigenvalue weighted by Crippen LogP contribution is 2.26. The summed E-state index contributed by atoms with van der Waals surface area (Å²) in [5.74, 6) is 0.494. The van der Waals surface area contributed by atoms with Gasteiger partial charge in [0.25, 0.3) is 10.0 Å². The zero-order chi connectivity index (χ0) is 14.6. The summed E-state index contributed by atoms with van der Waals surface area (Å²) in [4.78, 5) is 2.95. The Morgan fingerprint density at radius 2 is 2.10 bits per heavy atom. The lowest BCUT2D eigenvalue weighted by molar-refractivity contribution is 0.342. The maximum atomic E-state index is 12.3. The Bertz CT molecular complexity index is 680. The Morgan fingerprint density at radius 3 is 2.75 bits per heavy atom. The van der Waals surface area contributed by atoms with Crippen molar-refractivity contribution in [2.75, 3.05) is 11.3 Å². The number of rotatable bonds is 6. The molecule has 0 aliphatic rings. The van der Waals surface area contributed by atoms with Crippen LogP contribution in [-0.4, -0.2) is 20.0 Å². The van der Waals surface area contributed by atoms with Crippen molar-refractivity contribution in [3.05, 3.63) is 42.2 Å². The van der Waals surface area contributed by atoms with E-state index in [-0.39, 0.29) is 11.4 Å². The lowest BCUT2D eigenvalue weighted by Crippen LogP contribution is -2.13. The molecule has 0 saturated carbocycles. The molecule has 20 heavy (non-hydrogen) atoms. The minimum absolute atomic E-state index is 0.143. The summed E-state index contributed by atoms with van der Waals surface area (Å²) in [7, 11) is -3.66. The smallest absolute Gasteiger partial charge is 0.263 e. The van der Waals surface area contributed by atoms with Crippen LogP contribution in [0.3, 0.4) is 0 Å². The average Bonchev–Trinajstić information content (AvgIpc) is 2.91. The number of hydrogen-bond donors (Lipinski definition) is 3. The predicted molar refractivity (Wildman–Crippen MR) is 77.1 cm³/mol. The highest BCUT2D eigenvalue weighted by molar-refractivity contribution is 7.92. The van der Waals surface area contributed by atoms with Crippen LogP contribution in [-0.2, 0) is 16.6 Å². The second-order valence-corrected chi connectivity index (χ2v) is 5.78. The molecule has 0 fully saturated rings. The van der Waals surface area contributed by atoms with Crippen molar-refractivity contribution in [2.45, 2.75) is 18.4 Å². The fourth-order valence-corrected chi connectivity index (χ4v) is 2.82. The number of nitrogens with one attached hydrogen (secondary N) is 2. The quantitative estimate of drug-likeness (QED) is 0.755. The SMILES string of the molecule is CCOc1ccccc1NS(=O)(=O)c1c[nH]c(CN)c1. The van der Waals surface area contributed by atoms with Crippen LogP contribution in [0, 0.1) is 0 Å². The molecular weight excluding hydrogens is 278 g/mol. The molecule has 7 heteroatoms. The van der Waals surface area contributed by atoms with Gasteiger partial charge >= 0.3 is 0 Å². The molecule has 0 aliphatic carbocycles. The summed E-state index contributed by atoms with van der Waals surface area (Å²) in [5, 5.41) is 0. The van der Waals surface area contributed by atoms with Gasteiger partial charge < -0.3 is 15.5 Å². The molecule has 0 amide bonds. The van der Waals surface area contributed by atoms with E-state index >= 15 is 0 Å². The van der Waals surface area contributed by atoms with Crippen molar-refractivity contribution >= 4 is 15.7 Å². The van der Waals surface area contributed by atoms with Crippen LogP contribution in [0.15, 0.2) is 41.4 Å². The van der Waals surface area contributed by atoms with Gasteiger partial charge in [-0.2, -0.15) is 0 Å². The first-order valence-electron chi connectivity index (χ1n) is 6.19. The summed E-state index contributed by atoms with van der Waals surface area (Å²) >= 11 is 0. The van der Waals surface area contributed by atoms with Gasteiger partial charge in [-0.1, -0.05) is 12.1 Å². The van der Waals surface area contributed by atoms with Gasteiger partial charge in [0.2, 0.25) is 0 Å². The normalized spacial score (nSPS) is 11.3. The number of para-hydroxylation sites is 2. The third-order valence-electron chi connectivity index (χ3n) is 2.68. The van der Waals surface area contributed by atoms with Crippen molar-refractivity contribution < 1.29 is 13.2 Å². The van der Waals surface area contributed by atoms with E-state index < -0.39 is 10.0 Å². The second kappa shape index (κ2) is 5.98. The zero-order valence-electron chi connectivity index (χ0n) is 11.1. The monoisotopic (exact) mass is 295 g/mol. The van der Waals surface area contributed by atoms with Gasteiger partial charge in [0, 0.05) is 18.4 Å². The lowest BCUT2D eigenvalue weighted by atomic mass is 10.3. The number of aromatic amines is 1. The van der Waals surface area contributed by atoms with Gasteiger partial charge in [0.05, 0.1) is 12.3 Å². The predicted octanol–water partition coefficient (Wildman–Crippen LogP) is 1.67. The molecule has 0 radical (unpaired) electrons. The molecule has 1 aromatic heterocycles. The van der Waals surface area contributed by atoms with E-state index in [1.165, 1.54) is 12.3 Å². The molecule has 2 aromatic rings. The number of sulfonamides is 1. The van der Waals surface area contributed by atoms with Crippen molar-refractivity contribution in [3.63, 3.8) is 0 Å². The fraction of sp³-hybridized carbons (Fsp3) is 0.231. The summed E-state index contributed by atoms with van der Waals surface area (Å²) in [6, 6.07) is 8.39. The first kappa shape index (κ1) is 14.4. The molecule has 0 saturated heterocycles. The van der Waals surface area contributed by atoms with Crippen LogP contribution in [0.1, 0.15) is 12.6 Å². The molecule has 0 spiro atoms. The molecule has 6 nitrogen and oxygen atoms in total. The maximum Gasteiger partial charge on any atom is 0.263 e. The van der Waals surface area contributed by atoms with E-state index in [4.69, 9.17) is 10.5 Å². The Morgan fingerprint density at radius 1 is 1.35 bits per heavy atom. The van der Waals surface area contributed by atoms with Crippen LogP contribution in [0.2, 0.25) is 0 Å². The molecule has 1 heterocycles. The van der Waals surface area contributed by atoms with Crippen LogP contribution in [0.4, 0.5) is 5.69 Å². The number of anilines is 1. The fourth-order valence-electron chi connectivity index (χ4n) is 1.73. The number of ether oxygens (including phenoxy) is 1. The summed E-state index contributed by atoms with van der Waals surface area (Å²) in [6.45, 7) is 2.55. The Hall–Kier alpha value is -1.99. The molecule has 0 unspecified atom stereocenters. The number of H-pyrrole nitrogens is 1. The van der Waals surface area contributed by atoms with Crippen molar-refractivity contribution in [3.8, 4) is 5.75 Å². The van der Waals surface area contributed by atoms with Crippen LogP contribution in [0.5, 0.6) is 5.75 Å². The van der Waals surface area contributed by atoms with Gasteiger partial charge in [-0.05, 0) is 25.1 Å². The van der Waals surface area contributed by atoms with E-state index in [1.807, 2.05) is 6.92 Å². The first-order valence-corrected chi connectivity index (χ1v) is 7.67. The Balaban J connectivity index is 2.28. The van der Waals surface area contributed by atoms with Gasteiger partial charge in [-0.15, -0.1) is 0 Å². The highest BCUT2D eigenvalue weighted by Gasteiger charge is 2.17. The highest BCUT2D eigenvalue weighted by atomic mass is 32.2. The third-order valence-corrected chi connectivity index (χ3v) is 4.02. The van der Waals surface area contributed by atoms with Gasteiger partial charge in [-0.25, -0.2) is 8.42 Å². The second-order valence-electron chi connectivity index (χ2n) is 4.10. The van der Waals surface area contributed by atoms with E-state index in [2.05, 4.69) is 9.71 Å². The average molecular weight is 295 g/mol. The van der Waals surface area contributed by atoms with Gasteiger partial charge in [0.15, 0.2) is 0 Å². The minimum Gasteiger partial charge on any atom is -0.492 e. The number of hydrogen-bond acceptors (Lipinski definition) is 4. The molecule has 0 bridgehead atoms. The summed E-state index contributed by atoms with van der Waals surface area (Å²) in [6.07, 6.45) is 1.41. The largest absolute Gasteiger partial charge is 0.492 e. The Labute approximate surface area is 118 Å². The standard InChI is InChI=1S/C13H17N3O3S/c1-2-19-13-6-4-3-5-12(13)16-20(17,18)11-7-10(8-14)15-9-11/h3-7,9,15-16H,2,8,14H2,1H3. The molecule has 108 valence electrons. The molecule has 0 aliphatic heterocycles. The zero-order valence-corrected chi connectivity index (χ0v) is 11.9. The van der Waals surface area contributed by atoms with Crippen LogP contribution in [0.25, 0.3) is 0 Å². The summed E-state index contributed by atoms with van der Waals surface area (Å²) in [5.41, 5.74) is 6.52. The van der Waals surface area contributed by atoms with Crippen LogP contribution < -0.4 is 15.2 Å². The lowest BCUT2D eigenvalue weighted by Gasteiger charge is -2.11. The van der Waals surface area contributed by atoms with E-state index in [1.54, 1.807) is 24.3 Å². The molecular formula is C13H17N3O3S. The molecule has 4 N–H and O–H groups in total. The molecule has 1 aromatic carbocycles. The molecule has 0 atom stereocenters. The molecule has 2 rings (SSSR count). The summed E-state index contributed by atoms with van der Waals surface area (Å²) < 4.78 is 32.4. The number of nitrogens with two attached hydrogens (primary N) is 1.